The first kappa shape index (κ1) is 20.1. The van der Waals surface area contributed by atoms with Crippen LogP contribution in [0.5, 0.6) is 0 Å². The number of nitrogens with one attached hydrogen (secondary N) is 2. The zero-order valence-electron chi connectivity index (χ0n) is 16.3. The van der Waals surface area contributed by atoms with Crippen LogP contribution in [0.15, 0.2) is 33.7 Å². The molecule has 1 aliphatic heterocycles. The van der Waals surface area contributed by atoms with E-state index in [2.05, 4.69) is 60.7 Å². The quantitative estimate of drug-likeness (QED) is 0.528. The largest absolute Gasteiger partial charge is 0.356 e. The molecule has 6 nitrogen and oxygen atoms in total. The number of piperazine rings is 1. The SMILES string of the molecule is CN=C(NCCN1CCN(C(C)=O)CC1)NCC1(c2cccc(Br)c2)CC1. The van der Waals surface area contributed by atoms with Gasteiger partial charge >= 0.3 is 0 Å². The van der Waals surface area contributed by atoms with Crippen LogP contribution in [0.4, 0.5) is 0 Å². The minimum Gasteiger partial charge on any atom is -0.356 e. The van der Waals surface area contributed by atoms with Gasteiger partial charge < -0.3 is 15.5 Å². The molecule has 1 saturated carbocycles. The van der Waals surface area contributed by atoms with E-state index in [9.17, 15) is 4.79 Å². The molecule has 1 saturated heterocycles. The van der Waals surface area contributed by atoms with Gasteiger partial charge in [0.1, 0.15) is 0 Å². The van der Waals surface area contributed by atoms with Gasteiger partial charge in [0.15, 0.2) is 5.96 Å². The maximum Gasteiger partial charge on any atom is 0.219 e. The van der Waals surface area contributed by atoms with E-state index in [1.165, 1.54) is 18.4 Å². The van der Waals surface area contributed by atoms with E-state index in [1.807, 2.05) is 11.9 Å². The number of carbonyl (C=O) groups is 1. The number of hydrogen-bond donors (Lipinski definition) is 2. The van der Waals surface area contributed by atoms with Crippen LogP contribution in [-0.4, -0.2) is 74.5 Å². The Morgan fingerprint density at radius 2 is 1.96 bits per heavy atom. The van der Waals surface area contributed by atoms with Crippen molar-refractivity contribution in [1.82, 2.24) is 20.4 Å². The lowest BCUT2D eigenvalue weighted by atomic mass is 9.96. The van der Waals surface area contributed by atoms with Gasteiger partial charge in [0, 0.05) is 69.7 Å². The number of aliphatic imine (C=N–C) groups is 1. The molecular formula is C20H30BrN5O. The molecule has 0 radical (unpaired) electrons. The first-order chi connectivity index (χ1) is 13.0. The maximum absolute atomic E-state index is 11.4. The molecule has 3 rings (SSSR count). The van der Waals surface area contributed by atoms with Crippen molar-refractivity contribution in [2.75, 3.05) is 52.9 Å². The minimum atomic E-state index is 0.178. The van der Waals surface area contributed by atoms with Crippen molar-refractivity contribution in [2.45, 2.75) is 25.2 Å². The molecule has 1 heterocycles. The van der Waals surface area contributed by atoms with Crippen LogP contribution in [0.2, 0.25) is 0 Å². The Labute approximate surface area is 170 Å². The fourth-order valence-corrected chi connectivity index (χ4v) is 4.03. The minimum absolute atomic E-state index is 0.178. The number of carbonyl (C=O) groups excluding carboxylic acids is 1. The van der Waals surface area contributed by atoms with E-state index in [-0.39, 0.29) is 11.3 Å². The Bertz CT molecular complexity index is 681. The molecule has 1 aromatic rings. The topological polar surface area (TPSA) is 60.0 Å². The summed E-state index contributed by atoms with van der Waals surface area (Å²) in [5.74, 6) is 1.04. The van der Waals surface area contributed by atoms with Crippen molar-refractivity contribution in [3.05, 3.63) is 34.3 Å². The highest BCUT2D eigenvalue weighted by molar-refractivity contribution is 9.10. The molecule has 1 amide bonds. The third-order valence-corrected chi connectivity index (χ3v) is 6.14. The first-order valence-electron chi connectivity index (χ1n) is 9.71. The van der Waals surface area contributed by atoms with Crippen LogP contribution in [0.25, 0.3) is 0 Å². The van der Waals surface area contributed by atoms with Gasteiger partial charge in [-0.25, -0.2) is 0 Å². The summed E-state index contributed by atoms with van der Waals surface area (Å²) in [5.41, 5.74) is 1.63. The van der Waals surface area contributed by atoms with Crippen LogP contribution in [-0.2, 0) is 10.2 Å². The number of guanidine groups is 1. The van der Waals surface area contributed by atoms with Gasteiger partial charge in [0.05, 0.1) is 0 Å². The van der Waals surface area contributed by atoms with Crippen molar-refractivity contribution in [3.8, 4) is 0 Å². The summed E-state index contributed by atoms with van der Waals surface area (Å²) in [7, 11) is 1.82. The third kappa shape index (κ3) is 5.45. The third-order valence-electron chi connectivity index (χ3n) is 5.65. The highest BCUT2D eigenvalue weighted by Gasteiger charge is 2.44. The Morgan fingerprint density at radius 3 is 2.56 bits per heavy atom. The van der Waals surface area contributed by atoms with Crippen molar-refractivity contribution in [1.29, 1.82) is 0 Å². The van der Waals surface area contributed by atoms with Crippen LogP contribution in [0.3, 0.4) is 0 Å². The summed E-state index contributed by atoms with van der Waals surface area (Å²) in [5, 5.41) is 6.92. The molecule has 2 aliphatic rings. The van der Waals surface area contributed by atoms with Crippen molar-refractivity contribution in [2.24, 2.45) is 4.99 Å². The lowest BCUT2D eigenvalue weighted by molar-refractivity contribution is -0.130. The number of amides is 1. The maximum atomic E-state index is 11.4. The van der Waals surface area contributed by atoms with Gasteiger partial charge in [-0.3, -0.25) is 14.7 Å². The van der Waals surface area contributed by atoms with Crippen LogP contribution in [0.1, 0.15) is 25.3 Å². The van der Waals surface area contributed by atoms with E-state index in [1.54, 1.807) is 6.92 Å². The average molecular weight is 436 g/mol. The summed E-state index contributed by atoms with van der Waals surface area (Å²) < 4.78 is 1.14. The molecule has 0 bridgehead atoms. The fraction of sp³-hybridized carbons (Fsp3) is 0.600. The van der Waals surface area contributed by atoms with E-state index in [0.29, 0.717) is 0 Å². The van der Waals surface area contributed by atoms with Crippen LogP contribution in [0, 0.1) is 0 Å². The zero-order chi connectivity index (χ0) is 19.3. The fourth-order valence-electron chi connectivity index (χ4n) is 3.63. The van der Waals surface area contributed by atoms with Crippen molar-refractivity contribution in [3.63, 3.8) is 0 Å². The normalized spacial score (nSPS) is 19.7. The monoisotopic (exact) mass is 435 g/mol. The molecule has 1 aromatic carbocycles. The lowest BCUT2D eigenvalue weighted by Crippen LogP contribution is -2.50. The van der Waals surface area contributed by atoms with E-state index < -0.39 is 0 Å². The molecule has 7 heteroatoms. The molecule has 1 aliphatic carbocycles. The number of rotatable bonds is 6. The van der Waals surface area contributed by atoms with E-state index in [4.69, 9.17) is 0 Å². The number of nitrogens with zero attached hydrogens (tertiary/aromatic N) is 3. The van der Waals surface area contributed by atoms with Crippen molar-refractivity contribution < 1.29 is 4.79 Å². The van der Waals surface area contributed by atoms with E-state index >= 15 is 0 Å². The van der Waals surface area contributed by atoms with E-state index in [0.717, 1.165) is 56.2 Å². The predicted octanol–water partition coefficient (Wildman–Crippen LogP) is 1.81. The molecule has 0 atom stereocenters. The van der Waals surface area contributed by atoms with Crippen LogP contribution < -0.4 is 10.6 Å². The van der Waals surface area contributed by atoms with Gasteiger partial charge in [-0.05, 0) is 30.5 Å². The highest BCUT2D eigenvalue weighted by Crippen LogP contribution is 2.48. The number of halogens is 1. The van der Waals surface area contributed by atoms with Gasteiger partial charge in [-0.2, -0.15) is 0 Å². The van der Waals surface area contributed by atoms with Gasteiger partial charge in [0.25, 0.3) is 0 Å². The Morgan fingerprint density at radius 1 is 1.22 bits per heavy atom. The second-order valence-electron chi connectivity index (χ2n) is 7.49. The summed E-state index contributed by atoms with van der Waals surface area (Å²) in [6.07, 6.45) is 2.43. The zero-order valence-corrected chi connectivity index (χ0v) is 17.9. The predicted molar refractivity (Wildman–Crippen MR) is 113 cm³/mol. The van der Waals surface area contributed by atoms with Gasteiger partial charge in [-0.15, -0.1) is 0 Å². The summed E-state index contributed by atoms with van der Waals surface area (Å²) in [6, 6.07) is 8.63. The van der Waals surface area contributed by atoms with Crippen molar-refractivity contribution >= 4 is 27.8 Å². The molecular weight excluding hydrogens is 406 g/mol. The average Bonchev–Trinajstić information content (AvgIpc) is 3.46. The second-order valence-corrected chi connectivity index (χ2v) is 8.41. The van der Waals surface area contributed by atoms with Crippen LogP contribution >= 0.6 is 15.9 Å². The lowest BCUT2D eigenvalue weighted by Gasteiger charge is -2.34. The smallest absolute Gasteiger partial charge is 0.219 e. The summed E-state index contributed by atoms with van der Waals surface area (Å²) in [4.78, 5) is 20.1. The highest BCUT2D eigenvalue weighted by atomic mass is 79.9. The Kier molecular flexibility index (Phi) is 6.76. The molecule has 0 unspecified atom stereocenters. The molecule has 0 aromatic heterocycles. The molecule has 2 N–H and O–H groups in total. The molecule has 0 spiro atoms. The summed E-state index contributed by atoms with van der Waals surface area (Å²) >= 11 is 3.58. The molecule has 27 heavy (non-hydrogen) atoms. The number of benzene rings is 1. The summed E-state index contributed by atoms with van der Waals surface area (Å²) in [6.45, 7) is 7.91. The Balaban J connectivity index is 1.40. The van der Waals surface area contributed by atoms with Gasteiger partial charge in [0.2, 0.25) is 5.91 Å². The molecule has 2 fully saturated rings. The second kappa shape index (κ2) is 9.06. The van der Waals surface area contributed by atoms with Gasteiger partial charge in [-0.1, -0.05) is 28.1 Å². The number of hydrogen-bond acceptors (Lipinski definition) is 3. The molecule has 148 valence electrons. The first-order valence-corrected chi connectivity index (χ1v) is 10.5. The standard InChI is InChI=1S/C20H30BrN5O/c1-16(27)26-12-10-25(11-13-26)9-8-23-19(22-2)24-15-20(6-7-20)17-4-3-5-18(21)14-17/h3-5,14H,6-13,15H2,1-2H3,(H2,22,23,24). The Hall–Kier alpha value is -1.60.